The van der Waals surface area contributed by atoms with Crippen molar-refractivity contribution in [1.82, 2.24) is 15.0 Å². The SMILES string of the molecule is CCC(CC)n1cc(C(C)(C)O)nn1. The highest BCUT2D eigenvalue weighted by atomic mass is 16.3. The van der Waals surface area contributed by atoms with Gasteiger partial charge in [-0.3, -0.25) is 0 Å². The summed E-state index contributed by atoms with van der Waals surface area (Å²) in [7, 11) is 0. The predicted octanol–water partition coefficient (Wildman–Crippen LogP) is 1.87. The van der Waals surface area contributed by atoms with Gasteiger partial charge in [-0.25, -0.2) is 4.68 Å². The summed E-state index contributed by atoms with van der Waals surface area (Å²) >= 11 is 0. The fourth-order valence-corrected chi connectivity index (χ4v) is 1.40. The van der Waals surface area contributed by atoms with Crippen LogP contribution in [0.4, 0.5) is 0 Å². The molecule has 0 bridgehead atoms. The highest BCUT2D eigenvalue weighted by Crippen LogP contribution is 2.19. The second-order valence-corrected chi connectivity index (χ2v) is 4.11. The van der Waals surface area contributed by atoms with E-state index in [4.69, 9.17) is 0 Å². The molecule has 80 valence electrons. The first-order chi connectivity index (χ1) is 6.49. The monoisotopic (exact) mass is 197 g/mol. The summed E-state index contributed by atoms with van der Waals surface area (Å²) in [6.45, 7) is 7.68. The summed E-state index contributed by atoms with van der Waals surface area (Å²) in [5, 5.41) is 17.7. The third-order valence-corrected chi connectivity index (χ3v) is 2.45. The van der Waals surface area contributed by atoms with Crippen molar-refractivity contribution in [3.05, 3.63) is 11.9 Å². The van der Waals surface area contributed by atoms with Crippen molar-refractivity contribution >= 4 is 0 Å². The van der Waals surface area contributed by atoms with Gasteiger partial charge in [-0.15, -0.1) is 5.10 Å². The van der Waals surface area contributed by atoms with Crippen LogP contribution in [0, 0.1) is 0 Å². The first-order valence-corrected chi connectivity index (χ1v) is 5.13. The molecular formula is C10H19N3O. The van der Waals surface area contributed by atoms with Gasteiger partial charge in [0.05, 0.1) is 12.2 Å². The minimum absolute atomic E-state index is 0.388. The standard InChI is InChI=1S/C10H19N3O/c1-5-8(6-2)13-7-9(11-12-13)10(3,4)14/h7-8,14H,5-6H2,1-4H3. The van der Waals surface area contributed by atoms with E-state index in [9.17, 15) is 5.11 Å². The quantitative estimate of drug-likeness (QED) is 0.801. The molecular weight excluding hydrogens is 178 g/mol. The number of rotatable bonds is 4. The van der Waals surface area contributed by atoms with Gasteiger partial charge in [-0.2, -0.15) is 0 Å². The Morgan fingerprint density at radius 2 is 2.00 bits per heavy atom. The highest BCUT2D eigenvalue weighted by molar-refractivity contribution is 5.03. The summed E-state index contributed by atoms with van der Waals surface area (Å²) in [6, 6.07) is 0.388. The van der Waals surface area contributed by atoms with Crippen LogP contribution >= 0.6 is 0 Å². The number of hydrogen-bond donors (Lipinski definition) is 1. The predicted molar refractivity (Wildman–Crippen MR) is 54.9 cm³/mol. The van der Waals surface area contributed by atoms with Gasteiger partial charge in [-0.05, 0) is 26.7 Å². The molecule has 0 aliphatic rings. The molecule has 0 atom stereocenters. The van der Waals surface area contributed by atoms with Crippen molar-refractivity contribution in [2.24, 2.45) is 0 Å². The lowest BCUT2D eigenvalue weighted by Crippen LogP contribution is -2.16. The second-order valence-electron chi connectivity index (χ2n) is 4.11. The van der Waals surface area contributed by atoms with E-state index in [2.05, 4.69) is 24.2 Å². The zero-order chi connectivity index (χ0) is 10.8. The topological polar surface area (TPSA) is 50.9 Å². The number of aromatic nitrogens is 3. The maximum absolute atomic E-state index is 9.71. The molecule has 14 heavy (non-hydrogen) atoms. The molecule has 1 N–H and O–H groups in total. The third-order valence-electron chi connectivity index (χ3n) is 2.45. The zero-order valence-electron chi connectivity index (χ0n) is 9.36. The van der Waals surface area contributed by atoms with E-state index in [0.717, 1.165) is 12.8 Å². The first kappa shape index (κ1) is 11.2. The average molecular weight is 197 g/mol. The van der Waals surface area contributed by atoms with Gasteiger partial charge < -0.3 is 5.11 Å². The Morgan fingerprint density at radius 3 is 2.36 bits per heavy atom. The van der Waals surface area contributed by atoms with Crippen LogP contribution < -0.4 is 0 Å². The van der Waals surface area contributed by atoms with Crippen molar-refractivity contribution < 1.29 is 5.11 Å². The van der Waals surface area contributed by atoms with Crippen LogP contribution in [0.2, 0.25) is 0 Å². The fraction of sp³-hybridized carbons (Fsp3) is 0.800. The van der Waals surface area contributed by atoms with E-state index in [1.165, 1.54) is 0 Å². The fourth-order valence-electron chi connectivity index (χ4n) is 1.40. The van der Waals surface area contributed by atoms with E-state index in [1.807, 2.05) is 10.9 Å². The Hall–Kier alpha value is -0.900. The third kappa shape index (κ3) is 2.32. The molecule has 1 heterocycles. The molecule has 0 saturated heterocycles. The van der Waals surface area contributed by atoms with E-state index in [0.29, 0.717) is 11.7 Å². The van der Waals surface area contributed by atoms with E-state index >= 15 is 0 Å². The molecule has 0 aromatic carbocycles. The molecule has 0 fully saturated rings. The Bertz CT molecular complexity index is 284. The Morgan fingerprint density at radius 1 is 1.43 bits per heavy atom. The normalized spacial score (nSPS) is 12.4. The van der Waals surface area contributed by atoms with E-state index in [1.54, 1.807) is 13.8 Å². The average Bonchev–Trinajstić information content (AvgIpc) is 2.54. The maximum atomic E-state index is 9.71. The molecule has 1 aromatic rings. The molecule has 0 amide bonds. The lowest BCUT2D eigenvalue weighted by molar-refractivity contribution is 0.0737. The van der Waals surface area contributed by atoms with E-state index in [-0.39, 0.29) is 0 Å². The largest absolute Gasteiger partial charge is 0.384 e. The van der Waals surface area contributed by atoms with Crippen LogP contribution in [0.5, 0.6) is 0 Å². The molecule has 0 saturated carbocycles. The molecule has 1 rings (SSSR count). The first-order valence-electron chi connectivity index (χ1n) is 5.13. The molecule has 0 radical (unpaired) electrons. The summed E-state index contributed by atoms with van der Waals surface area (Å²) in [6.07, 6.45) is 3.90. The molecule has 0 unspecified atom stereocenters. The van der Waals surface area contributed by atoms with Crippen LogP contribution in [-0.2, 0) is 5.60 Å². The van der Waals surface area contributed by atoms with Gasteiger partial charge >= 0.3 is 0 Å². The van der Waals surface area contributed by atoms with Crippen molar-refractivity contribution in [1.29, 1.82) is 0 Å². The van der Waals surface area contributed by atoms with Gasteiger partial charge in [0.15, 0.2) is 0 Å². The van der Waals surface area contributed by atoms with Crippen molar-refractivity contribution in [2.75, 3.05) is 0 Å². The summed E-state index contributed by atoms with van der Waals surface area (Å²) in [4.78, 5) is 0. The number of hydrogen-bond acceptors (Lipinski definition) is 3. The van der Waals surface area contributed by atoms with E-state index < -0.39 is 5.60 Å². The van der Waals surface area contributed by atoms with Crippen molar-refractivity contribution in [3.63, 3.8) is 0 Å². The lowest BCUT2D eigenvalue weighted by atomic mass is 10.1. The van der Waals surface area contributed by atoms with Crippen molar-refractivity contribution in [2.45, 2.75) is 52.2 Å². The molecule has 4 nitrogen and oxygen atoms in total. The molecule has 0 aliphatic heterocycles. The van der Waals surface area contributed by atoms with Crippen LogP contribution in [0.3, 0.4) is 0 Å². The molecule has 0 aliphatic carbocycles. The van der Waals surface area contributed by atoms with Crippen LogP contribution in [-0.4, -0.2) is 20.1 Å². The number of aliphatic hydroxyl groups is 1. The Kier molecular flexibility index (Phi) is 3.26. The summed E-state index contributed by atoms with van der Waals surface area (Å²) < 4.78 is 1.84. The molecule has 0 spiro atoms. The number of nitrogens with zero attached hydrogens (tertiary/aromatic N) is 3. The van der Waals surface area contributed by atoms with Gasteiger partial charge in [0.2, 0.25) is 0 Å². The van der Waals surface area contributed by atoms with Gasteiger partial charge in [0, 0.05) is 0 Å². The highest BCUT2D eigenvalue weighted by Gasteiger charge is 2.21. The van der Waals surface area contributed by atoms with Crippen molar-refractivity contribution in [3.8, 4) is 0 Å². The zero-order valence-corrected chi connectivity index (χ0v) is 9.36. The lowest BCUT2D eigenvalue weighted by Gasteiger charge is -2.13. The van der Waals surface area contributed by atoms with Crippen LogP contribution in [0.25, 0.3) is 0 Å². The smallest absolute Gasteiger partial charge is 0.114 e. The van der Waals surface area contributed by atoms with Gasteiger partial charge in [0.25, 0.3) is 0 Å². The summed E-state index contributed by atoms with van der Waals surface area (Å²) in [5.74, 6) is 0. The molecule has 4 heteroatoms. The Labute approximate surface area is 84.9 Å². The Balaban J connectivity index is 2.87. The van der Waals surface area contributed by atoms with Gasteiger partial charge in [0.1, 0.15) is 11.3 Å². The minimum Gasteiger partial charge on any atom is -0.384 e. The van der Waals surface area contributed by atoms with Gasteiger partial charge in [-0.1, -0.05) is 19.1 Å². The van der Waals surface area contributed by atoms with Crippen LogP contribution in [0.1, 0.15) is 52.3 Å². The summed E-state index contributed by atoms with van der Waals surface area (Å²) in [5.41, 5.74) is -0.269. The van der Waals surface area contributed by atoms with Crippen LogP contribution in [0.15, 0.2) is 6.20 Å². The maximum Gasteiger partial charge on any atom is 0.114 e. The minimum atomic E-state index is -0.899. The second kappa shape index (κ2) is 4.09. The molecule has 1 aromatic heterocycles.